The summed E-state index contributed by atoms with van der Waals surface area (Å²) in [6.45, 7) is 0. The summed E-state index contributed by atoms with van der Waals surface area (Å²) < 4.78 is 23.7. The van der Waals surface area contributed by atoms with Gasteiger partial charge in [0.15, 0.2) is 9.84 Å². The van der Waals surface area contributed by atoms with Gasteiger partial charge in [0, 0.05) is 6.42 Å². The molecule has 0 fully saturated rings. The van der Waals surface area contributed by atoms with Crippen LogP contribution >= 0.6 is 0 Å². The van der Waals surface area contributed by atoms with Crippen LogP contribution in [0.25, 0.3) is 10.8 Å². The van der Waals surface area contributed by atoms with Gasteiger partial charge in [0.1, 0.15) is 0 Å². The molecule has 0 aliphatic carbocycles. The van der Waals surface area contributed by atoms with E-state index in [-0.39, 0.29) is 17.9 Å². The molecule has 0 aromatic heterocycles. The van der Waals surface area contributed by atoms with E-state index in [1.807, 2.05) is 48.5 Å². The van der Waals surface area contributed by atoms with Crippen molar-refractivity contribution in [2.45, 2.75) is 12.2 Å². The van der Waals surface area contributed by atoms with Crippen LogP contribution in [0.4, 0.5) is 0 Å². The normalized spacial score (nSPS) is 11.3. The molecule has 0 radical (unpaired) electrons. The summed E-state index contributed by atoms with van der Waals surface area (Å²) in [5.41, 5.74) is 0.797. The summed E-state index contributed by atoms with van der Waals surface area (Å²) in [6.07, 6.45) is 0.0487. The van der Waals surface area contributed by atoms with Gasteiger partial charge in [0.25, 0.3) is 0 Å². The van der Waals surface area contributed by atoms with E-state index in [9.17, 15) is 8.42 Å². The van der Waals surface area contributed by atoms with Crippen molar-refractivity contribution < 1.29 is 8.42 Å². The molecule has 0 N–H and O–H groups in total. The van der Waals surface area contributed by atoms with Crippen LogP contribution in [0.5, 0.6) is 0 Å². The Morgan fingerprint density at radius 3 is 2.56 bits per heavy atom. The molecule has 0 atom stereocenters. The van der Waals surface area contributed by atoms with Crippen LogP contribution in [-0.4, -0.2) is 14.2 Å². The van der Waals surface area contributed by atoms with Crippen LogP contribution in [0.1, 0.15) is 12.0 Å². The molecule has 0 unspecified atom stereocenters. The fourth-order valence-electron chi connectivity index (χ4n) is 1.93. The lowest BCUT2D eigenvalue weighted by Crippen LogP contribution is -2.09. The van der Waals surface area contributed by atoms with Crippen molar-refractivity contribution in [3.8, 4) is 6.07 Å². The minimum Gasteiger partial charge on any atom is -0.228 e. The van der Waals surface area contributed by atoms with E-state index in [0.29, 0.717) is 0 Å². The second kappa shape index (κ2) is 5.19. The molecule has 18 heavy (non-hydrogen) atoms. The average molecular weight is 259 g/mol. The third kappa shape index (κ3) is 2.88. The lowest BCUT2D eigenvalue weighted by molar-refractivity contribution is 0.595. The number of sulfone groups is 1. The van der Waals surface area contributed by atoms with Crippen molar-refractivity contribution in [1.29, 1.82) is 5.26 Å². The first-order valence-corrected chi connectivity index (χ1v) is 7.48. The van der Waals surface area contributed by atoms with E-state index in [2.05, 4.69) is 0 Å². The molecule has 0 saturated carbocycles. The highest BCUT2D eigenvalue weighted by Crippen LogP contribution is 2.20. The molecule has 0 heterocycles. The third-order valence-corrected chi connectivity index (χ3v) is 4.36. The standard InChI is InChI=1S/C14H13NO2S/c15-9-4-10-18(16,17)11-13-7-3-6-12-5-1-2-8-14(12)13/h1-3,5-8H,4,10-11H2. The zero-order chi connectivity index (χ0) is 13.0. The van der Waals surface area contributed by atoms with Crippen molar-refractivity contribution in [3.63, 3.8) is 0 Å². The summed E-state index contributed by atoms with van der Waals surface area (Å²) in [7, 11) is -3.21. The largest absolute Gasteiger partial charge is 0.228 e. The molecule has 0 spiro atoms. The summed E-state index contributed by atoms with van der Waals surface area (Å²) in [4.78, 5) is 0. The van der Waals surface area contributed by atoms with Crippen LogP contribution in [0.15, 0.2) is 42.5 Å². The predicted molar refractivity (Wildman–Crippen MR) is 71.7 cm³/mol. The first-order chi connectivity index (χ1) is 8.62. The predicted octanol–water partition coefficient (Wildman–Crippen LogP) is 2.67. The fourth-order valence-corrected chi connectivity index (χ4v) is 3.20. The van der Waals surface area contributed by atoms with E-state index in [1.54, 1.807) is 0 Å². The van der Waals surface area contributed by atoms with Crippen LogP contribution in [-0.2, 0) is 15.6 Å². The number of fused-ring (bicyclic) bond motifs is 1. The monoisotopic (exact) mass is 259 g/mol. The van der Waals surface area contributed by atoms with Crippen molar-refractivity contribution in [2.75, 3.05) is 5.75 Å². The van der Waals surface area contributed by atoms with E-state index >= 15 is 0 Å². The third-order valence-electron chi connectivity index (χ3n) is 2.78. The Morgan fingerprint density at radius 2 is 1.78 bits per heavy atom. The topological polar surface area (TPSA) is 57.9 Å². The zero-order valence-electron chi connectivity index (χ0n) is 9.83. The molecule has 2 aromatic carbocycles. The first-order valence-electron chi connectivity index (χ1n) is 5.66. The number of hydrogen-bond donors (Lipinski definition) is 0. The Bertz CT molecular complexity index is 694. The average Bonchev–Trinajstić information content (AvgIpc) is 2.37. The van der Waals surface area contributed by atoms with Crippen molar-refractivity contribution in [3.05, 3.63) is 48.0 Å². The van der Waals surface area contributed by atoms with Crippen LogP contribution in [0.2, 0.25) is 0 Å². The lowest BCUT2D eigenvalue weighted by atomic mass is 10.1. The van der Waals surface area contributed by atoms with Gasteiger partial charge < -0.3 is 0 Å². The highest BCUT2D eigenvalue weighted by molar-refractivity contribution is 7.90. The summed E-state index contributed by atoms with van der Waals surface area (Å²) in [6, 6.07) is 15.2. The Labute approximate surface area is 107 Å². The molecule has 2 rings (SSSR count). The van der Waals surface area contributed by atoms with Gasteiger partial charge in [-0.1, -0.05) is 42.5 Å². The quantitative estimate of drug-likeness (QED) is 0.848. The molecule has 0 saturated heterocycles. The zero-order valence-corrected chi connectivity index (χ0v) is 10.7. The second-order valence-electron chi connectivity index (χ2n) is 4.14. The minimum absolute atomic E-state index is 0.00394. The molecule has 0 bridgehead atoms. The number of benzene rings is 2. The molecule has 3 nitrogen and oxygen atoms in total. The SMILES string of the molecule is N#CCCS(=O)(=O)Cc1cccc2ccccc12. The van der Waals surface area contributed by atoms with Gasteiger partial charge in [-0.2, -0.15) is 5.26 Å². The molecule has 0 amide bonds. The van der Waals surface area contributed by atoms with E-state index in [0.717, 1.165) is 16.3 Å². The van der Waals surface area contributed by atoms with Gasteiger partial charge in [0.05, 0.1) is 17.6 Å². The molecule has 92 valence electrons. The highest BCUT2D eigenvalue weighted by Gasteiger charge is 2.13. The van der Waals surface area contributed by atoms with Gasteiger partial charge in [-0.05, 0) is 16.3 Å². The second-order valence-corrected chi connectivity index (χ2v) is 6.32. The van der Waals surface area contributed by atoms with Crippen molar-refractivity contribution >= 4 is 20.6 Å². The maximum absolute atomic E-state index is 11.9. The Hall–Kier alpha value is -1.86. The minimum atomic E-state index is -3.21. The molecule has 2 aromatic rings. The van der Waals surface area contributed by atoms with Gasteiger partial charge in [-0.15, -0.1) is 0 Å². The van der Waals surface area contributed by atoms with E-state index in [1.165, 1.54) is 0 Å². The van der Waals surface area contributed by atoms with Gasteiger partial charge >= 0.3 is 0 Å². The smallest absolute Gasteiger partial charge is 0.155 e. The van der Waals surface area contributed by atoms with E-state index < -0.39 is 9.84 Å². The maximum atomic E-state index is 11.9. The number of nitrogens with zero attached hydrogens (tertiary/aromatic N) is 1. The molecule has 0 aliphatic heterocycles. The van der Waals surface area contributed by atoms with Crippen molar-refractivity contribution in [2.24, 2.45) is 0 Å². The van der Waals surface area contributed by atoms with Gasteiger partial charge in [-0.25, -0.2) is 8.42 Å². The van der Waals surface area contributed by atoms with Gasteiger partial charge in [-0.3, -0.25) is 0 Å². The van der Waals surface area contributed by atoms with E-state index in [4.69, 9.17) is 5.26 Å². The highest BCUT2D eigenvalue weighted by atomic mass is 32.2. The molecule has 0 aliphatic rings. The van der Waals surface area contributed by atoms with Crippen LogP contribution < -0.4 is 0 Å². The first kappa shape index (κ1) is 12.6. The van der Waals surface area contributed by atoms with Crippen LogP contribution in [0, 0.1) is 11.3 Å². The van der Waals surface area contributed by atoms with Crippen LogP contribution in [0.3, 0.4) is 0 Å². The molecular weight excluding hydrogens is 246 g/mol. The Balaban J connectivity index is 2.36. The molecule has 4 heteroatoms. The lowest BCUT2D eigenvalue weighted by Gasteiger charge is -2.06. The summed E-state index contributed by atoms with van der Waals surface area (Å²) in [5.74, 6) is -0.0806. The fraction of sp³-hybridized carbons (Fsp3) is 0.214. The maximum Gasteiger partial charge on any atom is 0.155 e. The number of rotatable bonds is 4. The number of hydrogen-bond acceptors (Lipinski definition) is 3. The number of nitriles is 1. The summed E-state index contributed by atoms with van der Waals surface area (Å²) >= 11 is 0. The Kier molecular flexibility index (Phi) is 3.63. The van der Waals surface area contributed by atoms with Crippen molar-refractivity contribution in [1.82, 2.24) is 0 Å². The Morgan fingerprint density at radius 1 is 1.06 bits per heavy atom. The molecular formula is C14H13NO2S. The summed E-state index contributed by atoms with van der Waals surface area (Å²) in [5, 5.41) is 10.4. The van der Waals surface area contributed by atoms with Gasteiger partial charge in [0.2, 0.25) is 0 Å².